The van der Waals surface area contributed by atoms with Crippen LogP contribution < -0.4 is 4.74 Å². The third kappa shape index (κ3) is 9.98. The Balaban J connectivity index is 0.00000333. The Hall–Kier alpha value is -8.57. The molecule has 396 valence electrons. The molecule has 1 aliphatic heterocycles. The van der Waals surface area contributed by atoms with Crippen LogP contribution in [0.3, 0.4) is 0 Å². The number of fused-ring (bicyclic) bond motifs is 13. The van der Waals surface area contributed by atoms with Crippen LogP contribution in [0.15, 0.2) is 231 Å². The molecule has 5 heterocycles. The number of benzene rings is 8. The van der Waals surface area contributed by atoms with E-state index in [9.17, 15) is 0 Å². The summed E-state index contributed by atoms with van der Waals surface area (Å²) in [5, 5.41) is 0. The van der Waals surface area contributed by atoms with Crippen LogP contribution in [-0.4, -0.2) is 24.9 Å². The Morgan fingerprint density at radius 2 is 0.915 bits per heavy atom. The molecule has 1 fully saturated rings. The number of ether oxygens (including phenoxy) is 1. The molecule has 8 bridgehead atoms. The largest absolute Gasteiger partial charge is 3.00 e. The zero-order chi connectivity index (χ0) is 53.6. The van der Waals surface area contributed by atoms with Crippen molar-refractivity contribution in [1.29, 1.82) is 0 Å². The summed E-state index contributed by atoms with van der Waals surface area (Å²) in [6, 6.07) is 91.0. The number of hydrogen-bond donors (Lipinski definition) is 0. The molecule has 82 heavy (non-hydrogen) atoms. The Kier molecular flexibility index (Phi) is 15.0. The molecule has 8 heteroatoms. The van der Waals surface area contributed by atoms with Crippen LogP contribution in [0, 0.1) is 30.3 Å². The molecule has 1 aliphatic carbocycles. The van der Waals surface area contributed by atoms with E-state index in [2.05, 4.69) is 184 Å². The van der Waals surface area contributed by atoms with Crippen molar-refractivity contribution in [3.05, 3.63) is 272 Å². The molecule has 0 spiro atoms. The van der Waals surface area contributed by atoms with E-state index in [0.717, 1.165) is 125 Å². The van der Waals surface area contributed by atoms with Crippen LogP contribution in [0.5, 0.6) is 11.8 Å². The summed E-state index contributed by atoms with van der Waals surface area (Å²) >= 11 is 0. The van der Waals surface area contributed by atoms with E-state index in [1.165, 1.54) is 0 Å². The van der Waals surface area contributed by atoms with Gasteiger partial charge in [0.2, 0.25) is 11.8 Å². The smallest absolute Gasteiger partial charge is 0.422 e. The van der Waals surface area contributed by atoms with Gasteiger partial charge in [-0.15, -0.1) is 107 Å². The van der Waals surface area contributed by atoms with Gasteiger partial charge >= 0.3 is 41.2 Å². The van der Waals surface area contributed by atoms with Crippen LogP contribution in [0.25, 0.3) is 112 Å². The van der Waals surface area contributed by atoms with Crippen molar-refractivity contribution >= 4 is 0 Å². The maximum Gasteiger partial charge on any atom is 3.00 e. The predicted octanol–water partition coefficient (Wildman–Crippen LogP) is 17.8. The molecule has 12 aromatic rings. The molecule has 0 N–H and O–H groups in total. The van der Waals surface area contributed by atoms with Gasteiger partial charge in [-0.25, -0.2) is 23.3 Å². The van der Waals surface area contributed by atoms with E-state index in [1.54, 1.807) is 0 Å². The van der Waals surface area contributed by atoms with E-state index in [-0.39, 0.29) is 52.0 Å². The summed E-state index contributed by atoms with van der Waals surface area (Å²) < 4.78 is 6.94. The zero-order valence-corrected chi connectivity index (χ0v) is 49.5. The van der Waals surface area contributed by atoms with Gasteiger partial charge in [0.1, 0.15) is 0 Å². The molecule has 14 rings (SSSR count). The standard InChI is InChI=1S/C74H50N5O.Ir.Pt/c1-73-39-18-40-74(73,2)59-26-16-24-52(45-59)71-77-48-66(72(79-71)80-70-34-17-33-69(78-70)51-23-15-25-58(73)44-51)65-32-14-13-31-64(65)57-42-55(62-29-11-9-27-60(62)53-35-37-67(75-46-53)49-19-5-3-6-20-49)41-56(43-57)63-30-12-10-28-61(63)54-36-38-68(76-47-54)50-21-7-4-8-22-50;;/h3-17,19,21,23,25-38,41-43,46-48H,18,39-40H2,1-2H3;;/q-5;+3;+2. The fraction of sp³-hybridized carbons (Fsp3) is 0.0946. The quantitative estimate of drug-likeness (QED) is 0.141. The Labute approximate surface area is 507 Å². The first kappa shape index (κ1) is 54.0. The zero-order valence-electron chi connectivity index (χ0n) is 44.9. The third-order valence-corrected chi connectivity index (χ3v) is 16.5. The average molecular weight is 1410 g/mol. The molecule has 2 unspecified atom stereocenters. The minimum atomic E-state index is -0.237. The van der Waals surface area contributed by atoms with Crippen LogP contribution in [0.4, 0.5) is 0 Å². The number of rotatable bonds is 8. The summed E-state index contributed by atoms with van der Waals surface area (Å²) in [4.78, 5) is 25.4. The molecule has 2 atom stereocenters. The summed E-state index contributed by atoms with van der Waals surface area (Å²) in [5.41, 5.74) is 19.7. The summed E-state index contributed by atoms with van der Waals surface area (Å²) in [5.74, 6) is 1.24. The molecule has 2 aliphatic rings. The maximum absolute atomic E-state index is 6.94. The van der Waals surface area contributed by atoms with Crippen molar-refractivity contribution < 1.29 is 45.9 Å². The normalized spacial score (nSPS) is 15.8. The average Bonchev–Trinajstić information content (AvgIpc) is 3.50. The molecule has 0 saturated heterocycles. The number of pyridine rings is 3. The van der Waals surface area contributed by atoms with Gasteiger partial charge < -0.3 is 19.7 Å². The van der Waals surface area contributed by atoms with Crippen LogP contribution in [0.2, 0.25) is 0 Å². The number of nitrogens with zero attached hydrogens (tertiary/aromatic N) is 5. The molecule has 8 aromatic carbocycles. The second-order valence-corrected chi connectivity index (χ2v) is 21.1. The molecule has 1 saturated carbocycles. The van der Waals surface area contributed by atoms with Crippen LogP contribution in [-0.2, 0) is 52.0 Å². The summed E-state index contributed by atoms with van der Waals surface area (Å²) in [7, 11) is 0. The van der Waals surface area contributed by atoms with E-state index < -0.39 is 0 Å². The van der Waals surface area contributed by atoms with E-state index >= 15 is 0 Å². The minimum Gasteiger partial charge on any atom is -0.422 e. The summed E-state index contributed by atoms with van der Waals surface area (Å²) in [6.07, 6.45) is 8.93. The monoisotopic (exact) mass is 1410 g/mol. The predicted molar refractivity (Wildman–Crippen MR) is 319 cm³/mol. The molecule has 4 aromatic heterocycles. The molecular weight excluding hydrogens is 1360 g/mol. The number of hydrogen-bond acceptors (Lipinski definition) is 6. The van der Waals surface area contributed by atoms with E-state index in [4.69, 9.17) is 29.7 Å². The molecule has 0 radical (unpaired) electrons. The molecule has 6 nitrogen and oxygen atoms in total. The van der Waals surface area contributed by atoms with Gasteiger partial charge in [0, 0.05) is 18.6 Å². The van der Waals surface area contributed by atoms with Gasteiger partial charge in [0.15, 0.2) is 0 Å². The fourth-order valence-corrected chi connectivity index (χ4v) is 12.1. The SMILES string of the molecule is CC12CCCC1(C)c1[c-]c(ccc1)-c1cccc(n1)Oc1nc(ncc1-c1ccccc1-c1cc(-c3ccccc3-c3ccc(-c4[c-]cccc4)nc3)cc(-c3ccccc3-c3ccc(-c4[c-]cccc4)nc3)c1)-c1[c-]ccc2[c-]1.[Ir+3].[Pt+2]. The Morgan fingerprint density at radius 3 is 1.46 bits per heavy atom. The maximum atomic E-state index is 6.94. The third-order valence-electron chi connectivity index (χ3n) is 16.5. The van der Waals surface area contributed by atoms with Gasteiger partial charge in [0.05, 0.1) is 5.56 Å². The van der Waals surface area contributed by atoms with Gasteiger partial charge in [0.25, 0.3) is 0 Å². The topological polar surface area (TPSA) is 73.7 Å². The second-order valence-electron chi connectivity index (χ2n) is 21.1. The minimum absolute atomic E-state index is 0. The first-order valence-electron chi connectivity index (χ1n) is 27.2. The van der Waals surface area contributed by atoms with Crippen LogP contribution >= 0.6 is 0 Å². The van der Waals surface area contributed by atoms with Gasteiger partial charge in [-0.05, 0) is 132 Å². The first-order chi connectivity index (χ1) is 39.3. The summed E-state index contributed by atoms with van der Waals surface area (Å²) in [6.45, 7) is 4.75. The first-order valence-corrected chi connectivity index (χ1v) is 27.2. The van der Waals surface area contributed by atoms with Crippen molar-refractivity contribution in [1.82, 2.24) is 24.9 Å². The van der Waals surface area contributed by atoms with E-state index in [0.29, 0.717) is 28.7 Å². The van der Waals surface area contributed by atoms with Gasteiger partial charge in [-0.3, -0.25) is 22.1 Å². The van der Waals surface area contributed by atoms with Crippen molar-refractivity contribution in [2.24, 2.45) is 0 Å². The Bertz CT molecular complexity index is 4140. The molecule has 0 amide bonds. The Morgan fingerprint density at radius 1 is 0.402 bits per heavy atom. The van der Waals surface area contributed by atoms with Crippen LogP contribution in [0.1, 0.15) is 44.2 Å². The number of aromatic nitrogens is 5. The van der Waals surface area contributed by atoms with Gasteiger partial charge in [-0.1, -0.05) is 129 Å². The van der Waals surface area contributed by atoms with Crippen molar-refractivity contribution in [3.63, 3.8) is 0 Å². The fourth-order valence-electron chi connectivity index (χ4n) is 12.1. The molecular formula is C74H50IrN5OPt. The second kappa shape index (κ2) is 22.8. The van der Waals surface area contributed by atoms with Crippen molar-refractivity contribution in [3.8, 4) is 124 Å². The van der Waals surface area contributed by atoms with E-state index in [1.807, 2.05) is 91.4 Å². The van der Waals surface area contributed by atoms with Gasteiger partial charge in [-0.2, -0.15) is 0 Å². The van der Waals surface area contributed by atoms with Crippen molar-refractivity contribution in [2.75, 3.05) is 0 Å². The van der Waals surface area contributed by atoms with Crippen molar-refractivity contribution in [2.45, 2.75) is 43.9 Å².